The molecule has 1 amide bonds. The van der Waals surface area contributed by atoms with Crippen molar-refractivity contribution in [1.29, 1.82) is 0 Å². The van der Waals surface area contributed by atoms with E-state index < -0.39 is 5.79 Å². The molecule has 0 bridgehead atoms. The van der Waals surface area contributed by atoms with E-state index >= 15 is 0 Å². The highest BCUT2D eigenvalue weighted by molar-refractivity contribution is 5.81. The van der Waals surface area contributed by atoms with Crippen LogP contribution < -0.4 is 0 Å². The summed E-state index contributed by atoms with van der Waals surface area (Å²) < 4.78 is 5.86. The first-order chi connectivity index (χ1) is 12.5. The topological polar surface area (TPSA) is 76.5 Å². The molecule has 3 aliphatic rings. The molecular formula is C22H47N3O4. The summed E-state index contributed by atoms with van der Waals surface area (Å²) in [5.41, 5.74) is 0. The first-order valence-corrected chi connectivity index (χ1v) is 10.3. The van der Waals surface area contributed by atoms with Crippen molar-refractivity contribution >= 4 is 5.91 Å². The fourth-order valence-corrected chi connectivity index (χ4v) is 4.12. The molecule has 3 heterocycles. The van der Waals surface area contributed by atoms with E-state index in [1.165, 1.54) is 13.8 Å². The molecule has 2 atom stereocenters. The molecule has 7 heteroatoms. The van der Waals surface area contributed by atoms with Gasteiger partial charge in [0.25, 0.3) is 5.91 Å². The Balaban J connectivity index is 0.00000101. The lowest BCUT2D eigenvalue weighted by Gasteiger charge is -2.44. The van der Waals surface area contributed by atoms with Gasteiger partial charge < -0.3 is 29.6 Å². The van der Waals surface area contributed by atoms with Crippen molar-refractivity contribution < 1.29 is 19.7 Å². The molecule has 0 radical (unpaired) electrons. The van der Waals surface area contributed by atoms with E-state index in [1.807, 2.05) is 0 Å². The third kappa shape index (κ3) is 9.75. The first-order valence-electron chi connectivity index (χ1n) is 10.3. The molecule has 0 saturated carbocycles. The Morgan fingerprint density at radius 2 is 1.55 bits per heavy atom. The number of hydrogen-bond acceptors (Lipinski definition) is 6. The zero-order valence-corrected chi connectivity index (χ0v) is 17.7. The maximum absolute atomic E-state index is 13.0. The fourth-order valence-electron chi connectivity index (χ4n) is 4.12. The molecular weight excluding hydrogens is 370 g/mol. The standard InChI is InChI=1S/C17H31N3O2.C3H8O2.2CH4/c1-13-4-5-16(22-13)17(21)20(12-14-10-19(3)11-14)15-6-8-18(2)9-7-15;1-3(2,4)5;;/h13-16H,4-12H2,1-3H3;4-5H,1-2H3;2*1H4/t13-,16-;;;/m0.../s1. The normalized spacial score (nSPS) is 26.4. The average molecular weight is 418 g/mol. The lowest BCUT2D eigenvalue weighted by molar-refractivity contribution is -0.147. The lowest BCUT2D eigenvalue weighted by Crippen LogP contribution is -2.56. The van der Waals surface area contributed by atoms with E-state index in [9.17, 15) is 4.79 Å². The van der Waals surface area contributed by atoms with Gasteiger partial charge in [0, 0.05) is 31.6 Å². The van der Waals surface area contributed by atoms with E-state index in [0.29, 0.717) is 12.0 Å². The first kappa shape index (κ1) is 28.3. The number of amides is 1. The van der Waals surface area contributed by atoms with Crippen LogP contribution >= 0.6 is 0 Å². The predicted molar refractivity (Wildman–Crippen MR) is 119 cm³/mol. The lowest BCUT2D eigenvalue weighted by atomic mass is 9.96. The number of likely N-dealkylation sites (tertiary alicyclic amines) is 2. The molecule has 3 saturated heterocycles. The summed E-state index contributed by atoms with van der Waals surface area (Å²) in [6.45, 7) is 10.0. The molecule has 174 valence electrons. The molecule has 3 aliphatic heterocycles. The highest BCUT2D eigenvalue weighted by atomic mass is 16.5. The molecule has 0 aliphatic carbocycles. The number of nitrogens with zero attached hydrogens (tertiary/aromatic N) is 3. The number of rotatable bonds is 4. The van der Waals surface area contributed by atoms with E-state index in [4.69, 9.17) is 14.9 Å². The number of piperidine rings is 1. The Morgan fingerprint density at radius 1 is 1.03 bits per heavy atom. The van der Waals surface area contributed by atoms with Gasteiger partial charge in [-0.15, -0.1) is 0 Å². The maximum atomic E-state index is 13.0. The van der Waals surface area contributed by atoms with Gasteiger partial charge in [0.05, 0.1) is 6.10 Å². The summed E-state index contributed by atoms with van der Waals surface area (Å²) in [4.78, 5) is 19.9. The second-order valence-electron chi connectivity index (χ2n) is 9.12. The summed E-state index contributed by atoms with van der Waals surface area (Å²) in [5, 5.41) is 16.2. The highest BCUT2D eigenvalue weighted by Crippen LogP contribution is 2.26. The summed E-state index contributed by atoms with van der Waals surface area (Å²) in [6, 6.07) is 0.411. The van der Waals surface area contributed by atoms with Crippen molar-refractivity contribution in [2.75, 3.05) is 46.8 Å². The third-order valence-electron chi connectivity index (χ3n) is 5.51. The van der Waals surface area contributed by atoms with Crippen LogP contribution in [0.1, 0.15) is 61.3 Å². The summed E-state index contributed by atoms with van der Waals surface area (Å²) >= 11 is 0. The molecule has 0 unspecified atom stereocenters. The second kappa shape index (κ2) is 12.2. The van der Waals surface area contributed by atoms with Gasteiger partial charge in [-0.25, -0.2) is 0 Å². The van der Waals surface area contributed by atoms with Crippen LogP contribution in [-0.2, 0) is 9.53 Å². The molecule has 3 rings (SSSR count). The van der Waals surface area contributed by atoms with Gasteiger partial charge in [0.15, 0.2) is 5.79 Å². The van der Waals surface area contributed by atoms with E-state index in [2.05, 4.69) is 35.7 Å². The Morgan fingerprint density at radius 3 is 1.97 bits per heavy atom. The molecule has 0 aromatic heterocycles. The molecule has 29 heavy (non-hydrogen) atoms. The van der Waals surface area contributed by atoms with E-state index in [0.717, 1.165) is 58.4 Å². The summed E-state index contributed by atoms with van der Waals surface area (Å²) in [5.74, 6) is -0.596. The Kier molecular flexibility index (Phi) is 11.9. The predicted octanol–water partition coefficient (Wildman–Crippen LogP) is 2.02. The number of carbonyl (C=O) groups is 1. The van der Waals surface area contributed by atoms with Gasteiger partial charge in [-0.3, -0.25) is 4.79 Å². The Hall–Kier alpha value is -0.730. The second-order valence-corrected chi connectivity index (χ2v) is 9.12. The Labute approximate surface area is 179 Å². The fraction of sp³-hybridized carbons (Fsp3) is 0.955. The summed E-state index contributed by atoms with van der Waals surface area (Å²) in [6.07, 6.45) is 4.17. The van der Waals surface area contributed by atoms with Crippen molar-refractivity contribution in [3.05, 3.63) is 0 Å². The zero-order valence-electron chi connectivity index (χ0n) is 17.7. The molecule has 7 nitrogen and oxygen atoms in total. The SMILES string of the molecule is C.C.CC(C)(O)O.C[C@H]1CC[C@@H](C(=O)N(CC2CN(C)C2)C2CCN(C)CC2)O1. The molecule has 3 fully saturated rings. The Bertz CT molecular complexity index is 463. The smallest absolute Gasteiger partial charge is 0.251 e. The van der Waals surface area contributed by atoms with Gasteiger partial charge in [-0.05, 0) is 73.6 Å². The largest absolute Gasteiger partial charge is 0.366 e. The van der Waals surface area contributed by atoms with Crippen LogP contribution in [0.4, 0.5) is 0 Å². The molecule has 0 spiro atoms. The van der Waals surface area contributed by atoms with Crippen molar-refractivity contribution in [3.8, 4) is 0 Å². The van der Waals surface area contributed by atoms with Crippen molar-refractivity contribution in [3.63, 3.8) is 0 Å². The zero-order chi connectivity index (χ0) is 20.2. The highest BCUT2D eigenvalue weighted by Gasteiger charge is 2.38. The van der Waals surface area contributed by atoms with Gasteiger partial charge in [-0.1, -0.05) is 14.9 Å². The third-order valence-corrected chi connectivity index (χ3v) is 5.51. The van der Waals surface area contributed by atoms with Crippen molar-refractivity contribution in [1.82, 2.24) is 14.7 Å². The van der Waals surface area contributed by atoms with Gasteiger partial charge in [0.1, 0.15) is 6.10 Å². The minimum Gasteiger partial charge on any atom is -0.366 e. The van der Waals surface area contributed by atoms with Crippen molar-refractivity contribution in [2.45, 2.75) is 85.3 Å². The van der Waals surface area contributed by atoms with Gasteiger partial charge in [0.2, 0.25) is 0 Å². The van der Waals surface area contributed by atoms with Crippen molar-refractivity contribution in [2.24, 2.45) is 5.92 Å². The molecule has 2 N–H and O–H groups in total. The van der Waals surface area contributed by atoms with E-state index in [-0.39, 0.29) is 33.0 Å². The van der Waals surface area contributed by atoms with Crippen LogP contribution in [0, 0.1) is 5.92 Å². The minimum atomic E-state index is -1.50. The monoisotopic (exact) mass is 417 g/mol. The minimum absolute atomic E-state index is 0. The van der Waals surface area contributed by atoms with Crippen LogP contribution in [-0.4, -0.2) is 102 Å². The number of hydrogen-bond donors (Lipinski definition) is 2. The van der Waals surface area contributed by atoms with Gasteiger partial charge >= 0.3 is 0 Å². The van der Waals surface area contributed by atoms with Gasteiger partial charge in [-0.2, -0.15) is 0 Å². The maximum Gasteiger partial charge on any atom is 0.251 e. The average Bonchev–Trinajstić information content (AvgIpc) is 2.96. The number of ether oxygens (including phenoxy) is 1. The molecule has 0 aromatic rings. The van der Waals surface area contributed by atoms with Crippen LogP contribution in [0.3, 0.4) is 0 Å². The number of carbonyl (C=O) groups excluding carboxylic acids is 1. The van der Waals surface area contributed by atoms with E-state index in [1.54, 1.807) is 0 Å². The van der Waals surface area contributed by atoms with Crippen LogP contribution in [0.5, 0.6) is 0 Å². The van der Waals surface area contributed by atoms with Crippen LogP contribution in [0.15, 0.2) is 0 Å². The van der Waals surface area contributed by atoms with Crippen LogP contribution in [0.2, 0.25) is 0 Å². The summed E-state index contributed by atoms with van der Waals surface area (Å²) in [7, 11) is 4.32. The number of aliphatic hydroxyl groups is 2. The molecule has 0 aromatic carbocycles. The van der Waals surface area contributed by atoms with Crippen LogP contribution in [0.25, 0.3) is 0 Å². The quantitative estimate of drug-likeness (QED) is 0.682.